The first-order chi connectivity index (χ1) is 16.4. The zero-order valence-electron chi connectivity index (χ0n) is 18.2. The summed E-state index contributed by atoms with van der Waals surface area (Å²) < 4.78 is 6.39. The molecule has 6 heteroatoms. The predicted octanol–water partition coefficient (Wildman–Crippen LogP) is 5.27. The third-order valence-electron chi connectivity index (χ3n) is 6.25. The van der Waals surface area contributed by atoms with Crippen LogP contribution >= 0.6 is 0 Å². The van der Waals surface area contributed by atoms with Gasteiger partial charge in [-0.15, -0.1) is 0 Å². The van der Waals surface area contributed by atoms with Gasteiger partial charge in [-0.2, -0.15) is 0 Å². The van der Waals surface area contributed by atoms with Crippen LogP contribution in [0.25, 0.3) is 0 Å². The maximum Gasteiger partial charge on any atom is 0.157 e. The Morgan fingerprint density at radius 3 is 2.06 bits per heavy atom. The molecule has 0 aliphatic carbocycles. The van der Waals surface area contributed by atoms with Crippen LogP contribution in [0.15, 0.2) is 78.9 Å². The quantitative estimate of drug-likeness (QED) is 0.262. The standard InChI is InChI=1S/C28H24O6/c29-20-9-7-18(8-10-20)28-27(19-13-21(30)15-22(31)14-19)26-17(2-1-3-25(26)34-28)6-4-16-5-11-23(32)24(33)12-16/h1-3,5,7-15,27-33H,4,6H2. The molecule has 0 radical (unpaired) electrons. The zero-order valence-corrected chi connectivity index (χ0v) is 18.2. The van der Waals surface area contributed by atoms with Gasteiger partial charge in [0.25, 0.3) is 0 Å². The fraction of sp³-hybridized carbons (Fsp3) is 0.143. The van der Waals surface area contributed by atoms with Crippen LogP contribution in [0.4, 0.5) is 0 Å². The fourth-order valence-corrected chi connectivity index (χ4v) is 4.69. The second-order valence-corrected chi connectivity index (χ2v) is 8.54. The maximum absolute atomic E-state index is 10.2. The molecule has 0 fully saturated rings. The molecule has 6 nitrogen and oxygen atoms in total. The van der Waals surface area contributed by atoms with Gasteiger partial charge in [0.2, 0.25) is 0 Å². The lowest BCUT2D eigenvalue weighted by Gasteiger charge is -2.22. The summed E-state index contributed by atoms with van der Waals surface area (Å²) in [6.07, 6.45) is 0.864. The first kappa shape index (κ1) is 21.5. The molecule has 5 N–H and O–H groups in total. The van der Waals surface area contributed by atoms with Crippen molar-refractivity contribution in [2.75, 3.05) is 0 Å². The SMILES string of the molecule is Oc1ccc(C2Oc3cccc(CCc4ccc(O)c(O)c4)c3C2c2cc(O)cc(O)c2)cc1. The minimum atomic E-state index is -0.421. The Kier molecular flexibility index (Phi) is 5.42. The molecule has 2 unspecified atom stereocenters. The van der Waals surface area contributed by atoms with Crippen LogP contribution in [0.2, 0.25) is 0 Å². The molecule has 1 aliphatic heterocycles. The minimum absolute atomic E-state index is 0.0371. The van der Waals surface area contributed by atoms with Gasteiger partial charge in [-0.05, 0) is 77.6 Å². The van der Waals surface area contributed by atoms with Crippen molar-refractivity contribution < 1.29 is 30.3 Å². The van der Waals surface area contributed by atoms with E-state index in [1.165, 1.54) is 12.1 Å². The highest BCUT2D eigenvalue weighted by Gasteiger charge is 2.38. The topological polar surface area (TPSA) is 110 Å². The molecule has 0 aromatic heterocycles. The average Bonchev–Trinajstić information content (AvgIpc) is 3.20. The lowest BCUT2D eigenvalue weighted by molar-refractivity contribution is 0.222. The van der Waals surface area contributed by atoms with Crippen LogP contribution in [0.1, 0.15) is 39.8 Å². The van der Waals surface area contributed by atoms with Crippen molar-refractivity contribution in [2.45, 2.75) is 24.9 Å². The van der Waals surface area contributed by atoms with Crippen molar-refractivity contribution in [3.63, 3.8) is 0 Å². The number of rotatable bonds is 5. The molecular weight excluding hydrogens is 432 g/mol. The zero-order chi connectivity index (χ0) is 23.8. The second-order valence-electron chi connectivity index (χ2n) is 8.54. The van der Waals surface area contributed by atoms with Crippen molar-refractivity contribution in [2.24, 2.45) is 0 Å². The van der Waals surface area contributed by atoms with Crippen molar-refractivity contribution >= 4 is 0 Å². The summed E-state index contributed by atoms with van der Waals surface area (Å²) in [4.78, 5) is 0. The molecule has 0 saturated heterocycles. The van der Waals surface area contributed by atoms with E-state index >= 15 is 0 Å². The van der Waals surface area contributed by atoms with Crippen molar-refractivity contribution in [3.8, 4) is 34.5 Å². The van der Waals surface area contributed by atoms with E-state index in [1.54, 1.807) is 48.5 Å². The molecule has 34 heavy (non-hydrogen) atoms. The van der Waals surface area contributed by atoms with E-state index < -0.39 is 6.10 Å². The Bertz CT molecular complexity index is 1330. The summed E-state index contributed by atoms with van der Waals surface area (Å²) in [7, 11) is 0. The highest BCUT2D eigenvalue weighted by molar-refractivity contribution is 5.55. The highest BCUT2D eigenvalue weighted by atomic mass is 16.5. The molecule has 172 valence electrons. The molecule has 4 aromatic carbocycles. The van der Waals surface area contributed by atoms with Gasteiger partial charge in [0.15, 0.2) is 11.5 Å². The number of phenolic OH excluding ortho intramolecular Hbond substituents is 5. The molecule has 0 amide bonds. The van der Waals surface area contributed by atoms with Gasteiger partial charge in [-0.3, -0.25) is 0 Å². The first-order valence-corrected chi connectivity index (χ1v) is 11.0. The van der Waals surface area contributed by atoms with E-state index in [2.05, 4.69) is 0 Å². The number of aryl methyl sites for hydroxylation is 2. The molecule has 1 aliphatic rings. The summed E-state index contributed by atoms with van der Waals surface area (Å²) in [5.74, 6) is 0.190. The van der Waals surface area contributed by atoms with E-state index in [-0.39, 0.29) is 34.7 Å². The highest BCUT2D eigenvalue weighted by Crippen LogP contribution is 2.52. The van der Waals surface area contributed by atoms with Gasteiger partial charge in [0, 0.05) is 11.6 Å². The van der Waals surface area contributed by atoms with Gasteiger partial charge in [-0.25, -0.2) is 0 Å². The third-order valence-corrected chi connectivity index (χ3v) is 6.25. The summed E-state index contributed by atoms with van der Waals surface area (Å²) >= 11 is 0. The lowest BCUT2D eigenvalue weighted by Crippen LogP contribution is -2.12. The minimum Gasteiger partial charge on any atom is -0.508 e. The monoisotopic (exact) mass is 456 g/mol. The normalized spacial score (nSPS) is 16.7. The van der Waals surface area contributed by atoms with E-state index in [0.717, 1.165) is 28.0 Å². The molecule has 2 atom stereocenters. The molecule has 0 spiro atoms. The van der Waals surface area contributed by atoms with Crippen molar-refractivity contribution in [3.05, 3.63) is 107 Å². The molecular formula is C28H24O6. The Balaban J connectivity index is 1.57. The first-order valence-electron chi connectivity index (χ1n) is 11.0. The summed E-state index contributed by atoms with van der Waals surface area (Å²) in [6, 6.07) is 22.0. The largest absolute Gasteiger partial charge is 0.508 e. The van der Waals surface area contributed by atoms with Gasteiger partial charge in [-0.1, -0.05) is 30.3 Å². The molecule has 0 bridgehead atoms. The molecule has 1 heterocycles. The van der Waals surface area contributed by atoms with Gasteiger partial charge in [0.05, 0.1) is 5.92 Å². The predicted molar refractivity (Wildman–Crippen MR) is 127 cm³/mol. The maximum atomic E-state index is 10.2. The van der Waals surface area contributed by atoms with Crippen LogP contribution in [0.3, 0.4) is 0 Å². The van der Waals surface area contributed by atoms with Gasteiger partial charge >= 0.3 is 0 Å². The van der Waals surface area contributed by atoms with Gasteiger partial charge < -0.3 is 30.3 Å². The van der Waals surface area contributed by atoms with Crippen LogP contribution < -0.4 is 4.74 Å². The average molecular weight is 456 g/mol. The summed E-state index contributed by atoms with van der Waals surface area (Å²) in [6.45, 7) is 0. The number of phenols is 5. The smallest absolute Gasteiger partial charge is 0.157 e. The molecule has 0 saturated carbocycles. The number of ether oxygens (including phenoxy) is 1. The van der Waals surface area contributed by atoms with E-state index in [9.17, 15) is 25.5 Å². The molecule has 4 aromatic rings. The van der Waals surface area contributed by atoms with Crippen molar-refractivity contribution in [1.82, 2.24) is 0 Å². The summed E-state index contributed by atoms with van der Waals surface area (Å²) in [5.41, 5.74) is 4.46. The number of hydrogen-bond acceptors (Lipinski definition) is 6. The second kappa shape index (κ2) is 8.56. The molecule has 5 rings (SSSR count). The Hall–Kier alpha value is -4.32. The third kappa shape index (κ3) is 4.06. The number of aromatic hydroxyl groups is 5. The Labute approximate surface area is 196 Å². The van der Waals surface area contributed by atoms with E-state index in [1.807, 2.05) is 18.2 Å². The van der Waals surface area contributed by atoms with E-state index in [4.69, 9.17) is 4.74 Å². The van der Waals surface area contributed by atoms with Gasteiger partial charge in [0.1, 0.15) is 29.1 Å². The number of hydrogen-bond donors (Lipinski definition) is 5. The van der Waals surface area contributed by atoms with Crippen LogP contribution in [0.5, 0.6) is 34.5 Å². The Morgan fingerprint density at radius 2 is 1.35 bits per heavy atom. The van der Waals surface area contributed by atoms with E-state index in [0.29, 0.717) is 18.4 Å². The Morgan fingerprint density at radius 1 is 0.618 bits per heavy atom. The summed E-state index contributed by atoms with van der Waals surface area (Å²) in [5, 5.41) is 49.6. The van der Waals surface area contributed by atoms with Crippen LogP contribution in [0, 0.1) is 0 Å². The number of fused-ring (bicyclic) bond motifs is 1. The van der Waals surface area contributed by atoms with Crippen molar-refractivity contribution in [1.29, 1.82) is 0 Å². The number of benzene rings is 4. The fourth-order valence-electron chi connectivity index (χ4n) is 4.69. The lowest BCUT2D eigenvalue weighted by atomic mass is 9.82. The van der Waals surface area contributed by atoms with Crippen LogP contribution in [-0.4, -0.2) is 25.5 Å². The van der Waals surface area contributed by atoms with Crippen LogP contribution in [-0.2, 0) is 12.8 Å².